The molecule has 2 aromatic rings. The number of benzene rings is 2. The lowest BCUT2D eigenvalue weighted by molar-refractivity contribution is -0.159. The number of unbranched alkanes of at least 4 members (excludes halogenated alkanes) is 5. The van der Waals surface area contributed by atoms with Crippen LogP contribution in [0.15, 0.2) is 54.6 Å². The molecule has 3 unspecified atom stereocenters. The molecule has 0 heterocycles. The predicted octanol–water partition coefficient (Wildman–Crippen LogP) is 5.85. The Morgan fingerprint density at radius 1 is 0.784 bits per heavy atom. The van der Waals surface area contributed by atoms with Crippen molar-refractivity contribution in [3.63, 3.8) is 0 Å². The molecule has 2 rings (SSSR count). The lowest BCUT2D eigenvalue weighted by Crippen LogP contribution is -2.55. The number of ether oxygens (including phenoxy) is 2. The number of alkyl carbamates (subject to hydrolysis) is 1. The number of aromatic hydroxyl groups is 1. The average Bonchev–Trinajstić information content (AvgIpc) is 3.03. The Morgan fingerprint density at radius 2 is 1.37 bits per heavy atom. The van der Waals surface area contributed by atoms with Crippen molar-refractivity contribution in [3.05, 3.63) is 65.7 Å². The zero-order valence-corrected chi connectivity index (χ0v) is 31.3. The molecule has 0 radical (unpaired) electrons. The number of hydrogen-bond acceptors (Lipinski definition) is 8. The minimum absolute atomic E-state index is 0.0478. The second-order valence-corrected chi connectivity index (χ2v) is 14.8. The lowest BCUT2D eigenvalue weighted by Gasteiger charge is -2.35. The van der Waals surface area contributed by atoms with E-state index in [2.05, 4.69) is 17.6 Å². The summed E-state index contributed by atoms with van der Waals surface area (Å²) in [5.74, 6) is -2.68. The van der Waals surface area contributed by atoms with Crippen molar-refractivity contribution in [2.45, 2.75) is 136 Å². The zero-order valence-electron chi connectivity index (χ0n) is 31.3. The number of carbonyl (C=O) groups is 5. The lowest BCUT2D eigenvalue weighted by atomic mass is 9.99. The summed E-state index contributed by atoms with van der Waals surface area (Å²) in [4.78, 5) is 68.8. The van der Waals surface area contributed by atoms with Crippen LogP contribution in [0, 0.1) is 0 Å². The number of hydrogen-bond donors (Lipinski definition) is 4. The van der Waals surface area contributed by atoms with Gasteiger partial charge in [-0.05, 0) is 77.6 Å². The summed E-state index contributed by atoms with van der Waals surface area (Å²) >= 11 is 0. The van der Waals surface area contributed by atoms with Crippen molar-refractivity contribution in [2.75, 3.05) is 6.54 Å². The molecule has 12 nitrogen and oxygen atoms in total. The molecule has 0 aliphatic carbocycles. The van der Waals surface area contributed by atoms with Gasteiger partial charge in [0.2, 0.25) is 17.7 Å². The molecule has 4 amide bonds. The highest BCUT2D eigenvalue weighted by Gasteiger charge is 2.38. The first-order valence-corrected chi connectivity index (χ1v) is 17.8. The molecule has 0 fully saturated rings. The average molecular weight is 711 g/mol. The standard InChI is InChI=1S/C39H58N4O8/c1-8-9-10-11-12-16-25-43(35(47)30(23-24-32(40)45)42-37(49)51-39(5,6)7)33(28-19-21-29(44)22-20-28)34(46)41-31(36(48)50-38(2,3)4)26-27-17-14-13-15-18-27/h13-15,17-22,30-31,33,44H,8-12,16,23-26H2,1-7H3,(H2,40,45)(H,41,46)(H,42,49). The third-order valence-electron chi connectivity index (χ3n) is 7.76. The summed E-state index contributed by atoms with van der Waals surface area (Å²) in [6, 6.07) is 11.3. The van der Waals surface area contributed by atoms with E-state index in [1.807, 2.05) is 30.3 Å². The normalized spacial score (nSPS) is 13.3. The van der Waals surface area contributed by atoms with Gasteiger partial charge in [-0.1, -0.05) is 81.5 Å². The third-order valence-corrected chi connectivity index (χ3v) is 7.76. The van der Waals surface area contributed by atoms with Crippen molar-refractivity contribution in [1.29, 1.82) is 0 Å². The molecule has 0 saturated carbocycles. The van der Waals surface area contributed by atoms with E-state index in [4.69, 9.17) is 15.2 Å². The van der Waals surface area contributed by atoms with E-state index in [9.17, 15) is 29.1 Å². The Labute approximate surface area is 302 Å². The first kappa shape index (κ1) is 42.6. The van der Waals surface area contributed by atoms with Crippen LogP contribution in [0.4, 0.5) is 4.79 Å². The molecule has 12 heteroatoms. The summed E-state index contributed by atoms with van der Waals surface area (Å²) in [6.07, 6.45) is 4.27. The van der Waals surface area contributed by atoms with Crippen LogP contribution in [0.5, 0.6) is 5.75 Å². The maximum Gasteiger partial charge on any atom is 0.408 e. The number of phenolic OH excluding ortho intramolecular Hbond substituents is 1. The van der Waals surface area contributed by atoms with E-state index < -0.39 is 59.1 Å². The van der Waals surface area contributed by atoms with Crippen LogP contribution in [-0.2, 0) is 35.1 Å². The number of amides is 4. The summed E-state index contributed by atoms with van der Waals surface area (Å²) in [6.45, 7) is 12.5. The van der Waals surface area contributed by atoms with Gasteiger partial charge >= 0.3 is 12.1 Å². The monoisotopic (exact) mass is 710 g/mol. The number of carbonyl (C=O) groups excluding carboxylic acids is 5. The van der Waals surface area contributed by atoms with Crippen LogP contribution in [0.1, 0.15) is 117 Å². The summed E-state index contributed by atoms with van der Waals surface area (Å²) in [5, 5.41) is 15.6. The molecule has 2 aromatic carbocycles. The van der Waals surface area contributed by atoms with Gasteiger partial charge in [-0.25, -0.2) is 9.59 Å². The maximum atomic E-state index is 14.6. The van der Waals surface area contributed by atoms with Crippen LogP contribution >= 0.6 is 0 Å². The fraction of sp³-hybridized carbons (Fsp3) is 0.564. The second kappa shape index (κ2) is 20.3. The van der Waals surface area contributed by atoms with Gasteiger partial charge in [-0.3, -0.25) is 14.4 Å². The van der Waals surface area contributed by atoms with E-state index in [0.29, 0.717) is 12.0 Å². The van der Waals surface area contributed by atoms with Crippen LogP contribution in [0.25, 0.3) is 0 Å². The van der Waals surface area contributed by atoms with Gasteiger partial charge in [-0.15, -0.1) is 0 Å². The number of primary amides is 1. The van der Waals surface area contributed by atoms with E-state index in [0.717, 1.165) is 37.7 Å². The first-order chi connectivity index (χ1) is 23.9. The largest absolute Gasteiger partial charge is 0.508 e. The van der Waals surface area contributed by atoms with Gasteiger partial charge in [-0.2, -0.15) is 0 Å². The molecule has 0 saturated heterocycles. The highest BCUT2D eigenvalue weighted by Crippen LogP contribution is 2.27. The van der Waals surface area contributed by atoms with Crippen LogP contribution in [0.3, 0.4) is 0 Å². The van der Waals surface area contributed by atoms with Crippen LogP contribution in [-0.4, -0.2) is 69.6 Å². The van der Waals surface area contributed by atoms with Gasteiger partial charge in [0.05, 0.1) is 0 Å². The molecular formula is C39H58N4O8. The summed E-state index contributed by atoms with van der Waals surface area (Å²) in [5.41, 5.74) is 4.88. The molecular weight excluding hydrogens is 652 g/mol. The Kier molecular flexibility index (Phi) is 16.9. The molecule has 0 spiro atoms. The second-order valence-electron chi connectivity index (χ2n) is 14.8. The number of esters is 1. The van der Waals surface area contributed by atoms with E-state index in [-0.39, 0.29) is 31.6 Å². The number of rotatable bonds is 19. The molecule has 3 atom stereocenters. The predicted molar refractivity (Wildman–Crippen MR) is 195 cm³/mol. The van der Waals surface area contributed by atoms with Crippen molar-refractivity contribution in [1.82, 2.24) is 15.5 Å². The molecule has 0 aliphatic rings. The molecule has 0 bridgehead atoms. The smallest absolute Gasteiger partial charge is 0.408 e. The molecule has 282 valence electrons. The molecule has 0 aliphatic heterocycles. The number of nitrogens with zero attached hydrogens (tertiary/aromatic N) is 1. The van der Waals surface area contributed by atoms with Gasteiger partial charge < -0.3 is 35.8 Å². The van der Waals surface area contributed by atoms with Crippen LogP contribution in [0.2, 0.25) is 0 Å². The summed E-state index contributed by atoms with van der Waals surface area (Å²) in [7, 11) is 0. The highest BCUT2D eigenvalue weighted by atomic mass is 16.6. The maximum absolute atomic E-state index is 14.6. The quantitative estimate of drug-likeness (QED) is 0.104. The van der Waals surface area contributed by atoms with E-state index >= 15 is 0 Å². The van der Waals surface area contributed by atoms with Crippen molar-refractivity contribution in [3.8, 4) is 5.75 Å². The minimum Gasteiger partial charge on any atom is -0.508 e. The Hall–Kier alpha value is -4.61. The fourth-order valence-electron chi connectivity index (χ4n) is 5.42. The third kappa shape index (κ3) is 16.3. The topological polar surface area (TPSA) is 177 Å². The van der Waals surface area contributed by atoms with Gasteiger partial charge in [0.1, 0.15) is 35.1 Å². The van der Waals surface area contributed by atoms with Crippen LogP contribution < -0.4 is 16.4 Å². The summed E-state index contributed by atoms with van der Waals surface area (Å²) < 4.78 is 11.1. The van der Waals surface area contributed by atoms with Crippen molar-refractivity contribution >= 4 is 29.8 Å². The Bertz CT molecular complexity index is 1420. The molecule has 5 N–H and O–H groups in total. The Morgan fingerprint density at radius 3 is 1.94 bits per heavy atom. The van der Waals surface area contributed by atoms with E-state index in [1.165, 1.54) is 29.2 Å². The number of nitrogens with two attached hydrogens (primary N) is 1. The fourth-order valence-corrected chi connectivity index (χ4v) is 5.42. The SMILES string of the molecule is CCCCCCCCN(C(=O)C(CCC(N)=O)NC(=O)OC(C)(C)C)C(C(=O)NC(Cc1ccccc1)C(=O)OC(C)(C)C)c1ccc(O)cc1. The Balaban J connectivity index is 2.63. The van der Waals surface area contributed by atoms with Gasteiger partial charge in [0.25, 0.3) is 0 Å². The minimum atomic E-state index is -1.30. The highest BCUT2D eigenvalue weighted by molar-refractivity contribution is 5.94. The first-order valence-electron chi connectivity index (χ1n) is 17.8. The zero-order chi connectivity index (χ0) is 38.2. The number of nitrogens with one attached hydrogen (secondary N) is 2. The number of phenols is 1. The molecule has 51 heavy (non-hydrogen) atoms. The van der Waals surface area contributed by atoms with Crippen molar-refractivity contribution in [2.24, 2.45) is 5.73 Å². The van der Waals surface area contributed by atoms with Crippen molar-refractivity contribution < 1.29 is 38.6 Å². The van der Waals surface area contributed by atoms with Gasteiger partial charge in [0.15, 0.2) is 0 Å². The van der Waals surface area contributed by atoms with Gasteiger partial charge in [0, 0.05) is 19.4 Å². The molecule has 0 aromatic heterocycles. The van der Waals surface area contributed by atoms with E-state index in [1.54, 1.807) is 41.5 Å².